The lowest BCUT2D eigenvalue weighted by Crippen LogP contribution is -2.21. The third-order valence-corrected chi connectivity index (χ3v) is 3.52. The van der Waals surface area contributed by atoms with Crippen molar-refractivity contribution in [1.29, 1.82) is 0 Å². The molecular weight excluding hydrogens is 278 g/mol. The first-order valence-electron chi connectivity index (χ1n) is 6.11. The molecule has 0 radical (unpaired) electrons. The molecule has 1 aromatic carbocycles. The molecule has 1 heterocycles. The van der Waals surface area contributed by atoms with E-state index in [0.717, 1.165) is 27.2 Å². The molecule has 0 spiro atoms. The Hall–Kier alpha value is -1.10. The number of rotatable bonds is 5. The van der Waals surface area contributed by atoms with Crippen molar-refractivity contribution in [3.05, 3.63) is 47.2 Å². The molecule has 0 atom stereocenters. The minimum atomic E-state index is 0.459. The molecule has 100 valence electrons. The summed E-state index contributed by atoms with van der Waals surface area (Å²) in [4.78, 5) is 9.74. The fourth-order valence-corrected chi connectivity index (χ4v) is 2.45. The zero-order valence-corrected chi connectivity index (χ0v) is 12.5. The first kappa shape index (κ1) is 14.3. The molecule has 0 aliphatic heterocycles. The highest BCUT2D eigenvalue weighted by Crippen LogP contribution is 2.26. The second-order valence-corrected chi connectivity index (χ2v) is 5.95. The maximum Gasteiger partial charge on any atom is 0.192 e. The van der Waals surface area contributed by atoms with E-state index in [-0.39, 0.29) is 0 Å². The average Bonchev–Trinajstić information content (AvgIpc) is 2.38. The normalized spacial score (nSPS) is 10.9. The lowest BCUT2D eigenvalue weighted by atomic mass is 10.3. The van der Waals surface area contributed by atoms with Crippen LogP contribution in [0.1, 0.15) is 19.4 Å². The molecule has 0 unspecified atom stereocenters. The van der Waals surface area contributed by atoms with Gasteiger partial charge in [-0.1, -0.05) is 31.5 Å². The van der Waals surface area contributed by atoms with E-state index in [1.54, 1.807) is 0 Å². The summed E-state index contributed by atoms with van der Waals surface area (Å²) in [6, 6.07) is 8.14. The summed E-state index contributed by atoms with van der Waals surface area (Å²) < 4.78 is 0. The lowest BCUT2D eigenvalue weighted by molar-refractivity contribution is 0.585. The third kappa shape index (κ3) is 4.82. The zero-order chi connectivity index (χ0) is 13.7. The summed E-state index contributed by atoms with van der Waals surface area (Å²) >= 11 is 7.45. The van der Waals surface area contributed by atoms with E-state index in [1.165, 1.54) is 11.8 Å². The summed E-state index contributed by atoms with van der Waals surface area (Å²) in [5.74, 6) is 0. The highest BCUT2D eigenvalue weighted by molar-refractivity contribution is 7.99. The molecule has 3 nitrogen and oxygen atoms in total. The minimum absolute atomic E-state index is 0.459. The van der Waals surface area contributed by atoms with Gasteiger partial charge in [0.25, 0.3) is 0 Å². The predicted molar refractivity (Wildman–Crippen MR) is 79.6 cm³/mol. The standard InChI is InChI=1S/C14H16ClN3S/c1-10(2)16-7-11-8-17-14(18-9-11)19-13-5-3-4-12(15)6-13/h3-6,8-10,16H,7H2,1-2H3. The molecular formula is C14H16ClN3S. The van der Waals surface area contributed by atoms with Crippen molar-refractivity contribution in [2.45, 2.75) is 36.5 Å². The fourth-order valence-electron chi connectivity index (χ4n) is 1.44. The highest BCUT2D eigenvalue weighted by atomic mass is 35.5. The van der Waals surface area contributed by atoms with Gasteiger partial charge < -0.3 is 5.32 Å². The van der Waals surface area contributed by atoms with Crippen LogP contribution in [0.4, 0.5) is 0 Å². The largest absolute Gasteiger partial charge is 0.310 e. The van der Waals surface area contributed by atoms with E-state index in [9.17, 15) is 0 Å². The average molecular weight is 294 g/mol. The van der Waals surface area contributed by atoms with Crippen molar-refractivity contribution in [3.8, 4) is 0 Å². The number of benzene rings is 1. The van der Waals surface area contributed by atoms with Crippen LogP contribution in [0.5, 0.6) is 0 Å². The van der Waals surface area contributed by atoms with E-state index in [2.05, 4.69) is 29.1 Å². The van der Waals surface area contributed by atoms with Crippen LogP contribution in [0, 0.1) is 0 Å². The Bertz CT molecular complexity index is 528. The number of hydrogen-bond donors (Lipinski definition) is 1. The van der Waals surface area contributed by atoms with Crippen LogP contribution < -0.4 is 5.32 Å². The number of nitrogens with one attached hydrogen (secondary N) is 1. The zero-order valence-electron chi connectivity index (χ0n) is 10.9. The second-order valence-electron chi connectivity index (χ2n) is 4.47. The van der Waals surface area contributed by atoms with E-state index >= 15 is 0 Å². The van der Waals surface area contributed by atoms with Gasteiger partial charge in [-0.05, 0) is 30.0 Å². The smallest absolute Gasteiger partial charge is 0.192 e. The molecule has 5 heteroatoms. The Morgan fingerprint density at radius 1 is 1.26 bits per heavy atom. The van der Waals surface area contributed by atoms with Crippen molar-refractivity contribution in [3.63, 3.8) is 0 Å². The van der Waals surface area contributed by atoms with Crippen LogP contribution in [0.15, 0.2) is 46.7 Å². The number of hydrogen-bond acceptors (Lipinski definition) is 4. The van der Waals surface area contributed by atoms with E-state index in [1.807, 2.05) is 36.7 Å². The number of aromatic nitrogens is 2. The molecule has 1 aromatic heterocycles. The predicted octanol–water partition coefficient (Wildman–Crippen LogP) is 3.78. The summed E-state index contributed by atoms with van der Waals surface area (Å²) in [7, 11) is 0. The van der Waals surface area contributed by atoms with Gasteiger partial charge in [-0.15, -0.1) is 0 Å². The van der Waals surface area contributed by atoms with Crippen LogP contribution in [0.3, 0.4) is 0 Å². The van der Waals surface area contributed by atoms with Crippen molar-refractivity contribution in [1.82, 2.24) is 15.3 Å². The SMILES string of the molecule is CC(C)NCc1cnc(Sc2cccc(Cl)c2)nc1. The summed E-state index contributed by atoms with van der Waals surface area (Å²) in [6.45, 7) is 5.02. The maximum atomic E-state index is 5.94. The molecule has 0 saturated carbocycles. The van der Waals surface area contributed by atoms with Crippen LogP contribution in [-0.4, -0.2) is 16.0 Å². The Morgan fingerprint density at radius 2 is 2.00 bits per heavy atom. The second kappa shape index (κ2) is 6.89. The van der Waals surface area contributed by atoms with Gasteiger partial charge in [0.05, 0.1) is 0 Å². The minimum Gasteiger partial charge on any atom is -0.310 e. The van der Waals surface area contributed by atoms with Crippen molar-refractivity contribution in [2.75, 3.05) is 0 Å². The van der Waals surface area contributed by atoms with Crippen LogP contribution >= 0.6 is 23.4 Å². The molecule has 0 amide bonds. The first-order chi connectivity index (χ1) is 9.13. The van der Waals surface area contributed by atoms with Crippen LogP contribution in [0.2, 0.25) is 5.02 Å². The van der Waals surface area contributed by atoms with Gasteiger partial charge in [0.15, 0.2) is 5.16 Å². The van der Waals surface area contributed by atoms with Gasteiger partial charge in [-0.2, -0.15) is 0 Å². The maximum absolute atomic E-state index is 5.94. The van der Waals surface area contributed by atoms with Gasteiger partial charge in [0.2, 0.25) is 0 Å². The van der Waals surface area contributed by atoms with E-state index < -0.39 is 0 Å². The van der Waals surface area contributed by atoms with E-state index in [0.29, 0.717) is 6.04 Å². The Kier molecular flexibility index (Phi) is 5.19. The topological polar surface area (TPSA) is 37.8 Å². The molecule has 1 N–H and O–H groups in total. The third-order valence-electron chi connectivity index (χ3n) is 2.40. The molecule has 0 aliphatic carbocycles. The van der Waals surface area contributed by atoms with Gasteiger partial charge >= 0.3 is 0 Å². The number of halogens is 1. The molecule has 19 heavy (non-hydrogen) atoms. The number of nitrogens with zero attached hydrogens (tertiary/aromatic N) is 2. The lowest BCUT2D eigenvalue weighted by Gasteiger charge is -2.07. The van der Waals surface area contributed by atoms with Crippen LogP contribution in [0.25, 0.3) is 0 Å². The molecule has 0 bridgehead atoms. The Balaban J connectivity index is 1.98. The van der Waals surface area contributed by atoms with Gasteiger partial charge in [0, 0.05) is 40.5 Å². The van der Waals surface area contributed by atoms with Crippen molar-refractivity contribution in [2.24, 2.45) is 0 Å². The Labute approximate surface area is 122 Å². The first-order valence-corrected chi connectivity index (χ1v) is 7.30. The summed E-state index contributed by atoms with van der Waals surface area (Å²) in [5, 5.41) is 4.79. The Morgan fingerprint density at radius 3 is 2.63 bits per heavy atom. The van der Waals surface area contributed by atoms with Crippen molar-refractivity contribution >= 4 is 23.4 Å². The summed E-state index contributed by atoms with van der Waals surface area (Å²) in [5.41, 5.74) is 1.09. The van der Waals surface area contributed by atoms with Gasteiger partial charge in [0.1, 0.15) is 0 Å². The molecule has 2 rings (SSSR count). The summed E-state index contributed by atoms with van der Waals surface area (Å²) in [6.07, 6.45) is 3.71. The quantitative estimate of drug-likeness (QED) is 0.852. The molecule has 0 saturated heterocycles. The highest BCUT2D eigenvalue weighted by Gasteiger charge is 2.02. The fraction of sp³-hybridized carbons (Fsp3) is 0.286. The molecule has 0 aliphatic rings. The molecule has 0 fully saturated rings. The van der Waals surface area contributed by atoms with Gasteiger partial charge in [-0.3, -0.25) is 0 Å². The molecule has 2 aromatic rings. The monoisotopic (exact) mass is 293 g/mol. The van der Waals surface area contributed by atoms with Gasteiger partial charge in [-0.25, -0.2) is 9.97 Å². The van der Waals surface area contributed by atoms with E-state index in [4.69, 9.17) is 11.6 Å². The van der Waals surface area contributed by atoms with Crippen molar-refractivity contribution < 1.29 is 0 Å². The van der Waals surface area contributed by atoms with Crippen LogP contribution in [-0.2, 0) is 6.54 Å².